The first-order valence-corrected chi connectivity index (χ1v) is 11.6. The molecule has 0 aliphatic rings. The molecule has 0 aromatic carbocycles. The monoisotopic (exact) mass is 578 g/mol. The molecule has 0 fully saturated rings. The van der Waals surface area contributed by atoms with Crippen LogP contribution in [-0.2, 0) is 21.5 Å². The van der Waals surface area contributed by atoms with Crippen molar-refractivity contribution in [2.75, 3.05) is 6.61 Å². The molecule has 0 saturated heterocycles. The summed E-state index contributed by atoms with van der Waals surface area (Å²) in [6, 6.07) is 7.00. The van der Waals surface area contributed by atoms with E-state index in [1.807, 2.05) is 12.1 Å². The quantitative estimate of drug-likeness (QED) is 0.128. The Kier molecular flexibility index (Phi) is 17.9. The summed E-state index contributed by atoms with van der Waals surface area (Å²) >= 11 is 0. The van der Waals surface area contributed by atoms with E-state index in [0.717, 1.165) is 12.8 Å². The number of carbonyl (C=O) groups is 1. The van der Waals surface area contributed by atoms with Crippen LogP contribution in [0, 0.1) is 30.6 Å². The van der Waals surface area contributed by atoms with Crippen LogP contribution in [0.3, 0.4) is 0 Å². The molecule has 3 rings (SSSR count). The van der Waals surface area contributed by atoms with Gasteiger partial charge in [0.2, 0.25) is 0 Å². The molecule has 0 saturated carbocycles. The largest absolute Gasteiger partial charge is 2.00 e. The first-order valence-electron chi connectivity index (χ1n) is 11.6. The normalized spacial score (nSPS) is 9.61. The van der Waals surface area contributed by atoms with E-state index in [1.54, 1.807) is 46.3 Å². The maximum Gasteiger partial charge on any atom is 2.00 e. The number of esters is 1. The molecule has 0 spiro atoms. The molecule has 0 N–H and O–H groups in total. The van der Waals surface area contributed by atoms with Crippen LogP contribution in [-0.4, -0.2) is 47.3 Å². The van der Waals surface area contributed by atoms with Gasteiger partial charge in [0.15, 0.2) is 11.6 Å². The third-order valence-corrected chi connectivity index (χ3v) is 4.74. The van der Waals surface area contributed by atoms with Crippen LogP contribution >= 0.6 is 0 Å². The summed E-state index contributed by atoms with van der Waals surface area (Å²) in [5, 5.41) is 37.9. The van der Waals surface area contributed by atoms with Gasteiger partial charge < -0.3 is 35.4 Å². The van der Waals surface area contributed by atoms with Crippen molar-refractivity contribution in [3.8, 4) is 11.6 Å². The van der Waals surface area contributed by atoms with Crippen LogP contribution in [0.4, 0.5) is 0 Å². The van der Waals surface area contributed by atoms with Crippen LogP contribution in [0.15, 0.2) is 49.1 Å². The summed E-state index contributed by atoms with van der Waals surface area (Å²) in [7, 11) is 0. The number of unbranched alkanes of at least 4 members (excludes halogenated alkanes) is 7. The van der Waals surface area contributed by atoms with Crippen molar-refractivity contribution in [3.63, 3.8) is 0 Å². The van der Waals surface area contributed by atoms with E-state index in [-0.39, 0.29) is 22.7 Å². The number of hydrogen-bond acceptors (Lipinski definition) is 11. The summed E-state index contributed by atoms with van der Waals surface area (Å²) in [5.74, 6) is 0.737. The molecule has 209 valence electrons. The van der Waals surface area contributed by atoms with Gasteiger partial charge in [-0.2, -0.15) is 10.2 Å². The number of nitrogens with zero attached hydrogens (tertiary/aromatic N) is 7. The predicted octanol–water partition coefficient (Wildman–Crippen LogP) is 4.27. The van der Waals surface area contributed by atoms with Crippen LogP contribution in [0.25, 0.3) is 11.6 Å². The van der Waals surface area contributed by atoms with E-state index in [9.17, 15) is 4.79 Å². The maximum atomic E-state index is 12.6. The number of hydrogen-bond donors (Lipinski definition) is 0. The summed E-state index contributed by atoms with van der Waals surface area (Å²) in [5.41, 5.74) is 0.440. The molecule has 0 aliphatic carbocycles. The third kappa shape index (κ3) is 15.1. The van der Waals surface area contributed by atoms with Crippen LogP contribution < -0.4 is 0 Å². The fourth-order valence-corrected chi connectivity index (χ4v) is 3.15. The van der Waals surface area contributed by atoms with E-state index in [0.29, 0.717) is 23.8 Å². The molecular formula is C22H29CoN7O8. The van der Waals surface area contributed by atoms with Crippen molar-refractivity contribution in [3.05, 3.63) is 85.3 Å². The van der Waals surface area contributed by atoms with Crippen LogP contribution in [0.2, 0.25) is 0 Å². The first kappa shape index (κ1) is 33.9. The number of ether oxygens (including phenoxy) is 1. The smallest absolute Gasteiger partial charge is 0.462 e. The number of pyridine rings is 1. The van der Waals surface area contributed by atoms with Gasteiger partial charge in [-0.3, -0.25) is 0 Å². The molecule has 38 heavy (non-hydrogen) atoms. The van der Waals surface area contributed by atoms with Crippen LogP contribution in [0.5, 0.6) is 0 Å². The van der Waals surface area contributed by atoms with Gasteiger partial charge in [0.05, 0.1) is 22.3 Å². The Morgan fingerprint density at radius 3 is 1.63 bits per heavy atom. The standard InChI is InChI=1S/C22H29N5O2.Co.2NO3/c1-2-3-4-5-6-7-8-9-16-29-22(28)19-17-20(26-14-10-12-23-26)25-21(18-19)27-15-11-13-24-27;;2*2-1(3)4/h10-15,17-18H,2-9,16H2,1H3;;;/q;+2;2*-1. The van der Waals surface area contributed by atoms with Gasteiger partial charge in [0.25, 0.3) is 0 Å². The van der Waals surface area contributed by atoms with Gasteiger partial charge >= 0.3 is 22.7 Å². The minimum atomic E-state index is -1.75. The number of aromatic nitrogens is 5. The molecule has 0 bridgehead atoms. The van der Waals surface area contributed by atoms with Gasteiger partial charge in [0.1, 0.15) is 0 Å². The van der Waals surface area contributed by atoms with E-state index < -0.39 is 10.2 Å². The van der Waals surface area contributed by atoms with E-state index >= 15 is 0 Å². The molecule has 0 aliphatic heterocycles. The molecule has 3 aromatic heterocycles. The van der Waals surface area contributed by atoms with E-state index in [4.69, 9.17) is 35.4 Å². The minimum Gasteiger partial charge on any atom is -0.462 e. The second-order valence-corrected chi connectivity index (χ2v) is 7.53. The third-order valence-electron chi connectivity index (χ3n) is 4.74. The summed E-state index contributed by atoms with van der Waals surface area (Å²) < 4.78 is 8.72. The fraction of sp³-hybridized carbons (Fsp3) is 0.455. The van der Waals surface area contributed by atoms with Crippen molar-refractivity contribution in [1.82, 2.24) is 24.5 Å². The molecule has 0 amide bonds. The van der Waals surface area contributed by atoms with Crippen molar-refractivity contribution in [2.24, 2.45) is 0 Å². The Bertz CT molecular complexity index is 993. The Balaban J connectivity index is 0.00000134. The molecular weight excluding hydrogens is 549 g/mol. The van der Waals surface area contributed by atoms with Gasteiger partial charge in [-0.25, -0.2) is 19.1 Å². The molecule has 0 unspecified atom stereocenters. The Morgan fingerprint density at radius 1 is 0.816 bits per heavy atom. The topological polar surface area (TPSA) is 207 Å². The zero-order valence-electron chi connectivity index (χ0n) is 20.7. The SMILES string of the molecule is CCCCCCCCCCOC(=O)c1cc(-n2cccn2)nc(-n2cccn2)c1.O=[N+]([O-])[O-].O=[N+]([O-])[O-].[Co+2]. The molecule has 16 heteroatoms. The Morgan fingerprint density at radius 2 is 1.24 bits per heavy atom. The summed E-state index contributed by atoms with van der Waals surface area (Å²) in [6.45, 7) is 2.66. The average molecular weight is 578 g/mol. The minimum absolute atomic E-state index is 0. The van der Waals surface area contributed by atoms with Gasteiger partial charge in [-0.15, -0.1) is 0 Å². The van der Waals surface area contributed by atoms with Crippen molar-refractivity contribution < 1.29 is 36.5 Å². The van der Waals surface area contributed by atoms with Gasteiger partial charge in [-0.05, 0) is 30.7 Å². The maximum absolute atomic E-state index is 12.6. The molecule has 3 aromatic rings. The molecule has 1 radical (unpaired) electrons. The van der Waals surface area contributed by atoms with Gasteiger partial charge in [0, 0.05) is 24.8 Å². The molecule has 15 nitrogen and oxygen atoms in total. The van der Waals surface area contributed by atoms with E-state index in [2.05, 4.69) is 22.1 Å². The second kappa shape index (κ2) is 20.1. The Labute approximate surface area is 228 Å². The summed E-state index contributed by atoms with van der Waals surface area (Å²) in [6.07, 6.45) is 16.6. The molecule has 0 atom stereocenters. The van der Waals surface area contributed by atoms with Crippen molar-refractivity contribution in [1.29, 1.82) is 0 Å². The first-order chi connectivity index (χ1) is 17.7. The van der Waals surface area contributed by atoms with Crippen molar-refractivity contribution >= 4 is 5.97 Å². The number of carbonyl (C=O) groups excluding carboxylic acids is 1. The van der Waals surface area contributed by atoms with Gasteiger partial charge in [-0.1, -0.05) is 51.9 Å². The average Bonchev–Trinajstić information content (AvgIpc) is 3.57. The zero-order valence-corrected chi connectivity index (χ0v) is 21.8. The number of rotatable bonds is 12. The Hall–Kier alpha value is -4.05. The molecule has 3 heterocycles. The van der Waals surface area contributed by atoms with Crippen LogP contribution in [0.1, 0.15) is 68.6 Å². The predicted molar refractivity (Wildman–Crippen MR) is 132 cm³/mol. The second-order valence-electron chi connectivity index (χ2n) is 7.53. The van der Waals surface area contributed by atoms with E-state index in [1.165, 1.54) is 38.5 Å². The zero-order chi connectivity index (χ0) is 27.5. The fourth-order valence-electron chi connectivity index (χ4n) is 3.15. The van der Waals surface area contributed by atoms with Crippen molar-refractivity contribution in [2.45, 2.75) is 58.3 Å². The summed E-state index contributed by atoms with van der Waals surface area (Å²) in [4.78, 5) is 33.6.